The number of carbonyl (C=O) groups excluding carboxylic acids is 1. The van der Waals surface area contributed by atoms with Crippen LogP contribution in [0.2, 0.25) is 0 Å². The van der Waals surface area contributed by atoms with Crippen molar-refractivity contribution >= 4 is 21.8 Å². The van der Waals surface area contributed by atoms with Crippen LogP contribution in [0.15, 0.2) is 16.6 Å². The number of amides is 1. The van der Waals surface area contributed by atoms with Gasteiger partial charge in [-0.15, -0.1) is 0 Å². The summed E-state index contributed by atoms with van der Waals surface area (Å²) in [5.41, 5.74) is 7.44. The molecule has 21 heavy (non-hydrogen) atoms. The Balaban J connectivity index is 2.77. The van der Waals surface area contributed by atoms with E-state index in [1.54, 1.807) is 0 Å². The van der Waals surface area contributed by atoms with E-state index in [1.807, 2.05) is 39.8 Å². The molecule has 0 saturated carbocycles. The molecule has 0 bridgehead atoms. The van der Waals surface area contributed by atoms with Crippen LogP contribution in [0, 0.1) is 6.92 Å². The molecule has 1 aromatic carbocycles. The Bertz CT molecular complexity index is 501. The zero-order valence-electron chi connectivity index (χ0n) is 13.3. The molecule has 5 heteroatoms. The number of rotatable bonds is 7. The van der Waals surface area contributed by atoms with Crippen molar-refractivity contribution in [2.75, 3.05) is 13.2 Å². The predicted molar refractivity (Wildman–Crippen MR) is 89.6 cm³/mol. The van der Waals surface area contributed by atoms with E-state index in [2.05, 4.69) is 21.2 Å². The van der Waals surface area contributed by atoms with E-state index in [0.29, 0.717) is 6.54 Å². The predicted octanol–water partition coefficient (Wildman–Crippen LogP) is 2.94. The van der Waals surface area contributed by atoms with Crippen molar-refractivity contribution in [1.82, 2.24) is 5.32 Å². The minimum atomic E-state index is -0.213. The fourth-order valence-corrected chi connectivity index (χ4v) is 2.61. The number of benzene rings is 1. The van der Waals surface area contributed by atoms with E-state index >= 15 is 0 Å². The number of nitrogens with two attached hydrogens (primary N) is 1. The highest BCUT2D eigenvalue weighted by atomic mass is 79.9. The summed E-state index contributed by atoms with van der Waals surface area (Å²) < 4.78 is 6.73. The van der Waals surface area contributed by atoms with Gasteiger partial charge in [0.05, 0.1) is 0 Å². The quantitative estimate of drug-likeness (QED) is 0.789. The van der Waals surface area contributed by atoms with Crippen LogP contribution in [0.4, 0.5) is 0 Å². The second-order valence-electron chi connectivity index (χ2n) is 5.82. The molecule has 0 aliphatic carbocycles. The highest BCUT2D eigenvalue weighted by Gasteiger charge is 2.18. The molecule has 4 nitrogen and oxygen atoms in total. The number of carbonyl (C=O) groups is 1. The molecule has 3 N–H and O–H groups in total. The van der Waals surface area contributed by atoms with Gasteiger partial charge in [0.15, 0.2) is 6.61 Å². The van der Waals surface area contributed by atoms with E-state index in [0.717, 1.165) is 34.2 Å². The molecular formula is C16H25BrN2O2. The Morgan fingerprint density at radius 2 is 2.10 bits per heavy atom. The molecule has 0 unspecified atom stereocenters. The molecule has 0 aliphatic heterocycles. The van der Waals surface area contributed by atoms with Gasteiger partial charge < -0.3 is 15.8 Å². The number of hydrogen-bond acceptors (Lipinski definition) is 3. The largest absolute Gasteiger partial charge is 0.483 e. The summed E-state index contributed by atoms with van der Waals surface area (Å²) in [7, 11) is 0. The van der Waals surface area contributed by atoms with Gasteiger partial charge in [0, 0.05) is 10.0 Å². The molecule has 1 aromatic rings. The summed E-state index contributed by atoms with van der Waals surface area (Å²) in [5, 5.41) is 2.96. The van der Waals surface area contributed by atoms with Gasteiger partial charge in [0.1, 0.15) is 5.75 Å². The van der Waals surface area contributed by atoms with Gasteiger partial charge >= 0.3 is 0 Å². The monoisotopic (exact) mass is 356 g/mol. The summed E-state index contributed by atoms with van der Waals surface area (Å²) in [6.45, 7) is 8.56. The lowest BCUT2D eigenvalue weighted by Crippen LogP contribution is -2.45. The fraction of sp³-hybridized carbons (Fsp3) is 0.562. The standard InChI is InChI=1S/C16H25BrN2O2/c1-5-16(3,4)19-14(20)10-21-15-11(2)8-13(17)9-12(15)6-7-18/h8-9H,5-7,10,18H2,1-4H3,(H,19,20). The summed E-state index contributed by atoms with van der Waals surface area (Å²) >= 11 is 3.47. The second kappa shape index (κ2) is 7.80. The van der Waals surface area contributed by atoms with Crippen LogP contribution in [0.5, 0.6) is 5.75 Å². The molecule has 0 heterocycles. The lowest BCUT2D eigenvalue weighted by atomic mass is 10.0. The normalized spacial score (nSPS) is 11.3. The van der Waals surface area contributed by atoms with Crippen molar-refractivity contribution in [2.24, 2.45) is 5.73 Å². The fourth-order valence-electron chi connectivity index (χ4n) is 1.99. The number of hydrogen-bond donors (Lipinski definition) is 2. The van der Waals surface area contributed by atoms with Crippen molar-refractivity contribution < 1.29 is 9.53 Å². The lowest BCUT2D eigenvalue weighted by molar-refractivity contribution is -0.124. The van der Waals surface area contributed by atoms with Crippen LogP contribution in [-0.4, -0.2) is 24.6 Å². The van der Waals surface area contributed by atoms with Crippen LogP contribution < -0.4 is 15.8 Å². The molecule has 0 spiro atoms. The van der Waals surface area contributed by atoms with Crippen LogP contribution in [0.3, 0.4) is 0 Å². The Kier molecular flexibility index (Phi) is 6.68. The maximum atomic E-state index is 12.0. The van der Waals surface area contributed by atoms with Crippen molar-refractivity contribution in [1.29, 1.82) is 0 Å². The van der Waals surface area contributed by atoms with Gasteiger partial charge in [-0.25, -0.2) is 0 Å². The van der Waals surface area contributed by atoms with E-state index in [9.17, 15) is 4.79 Å². The third kappa shape index (κ3) is 5.67. The summed E-state index contributed by atoms with van der Waals surface area (Å²) in [6.07, 6.45) is 1.59. The summed E-state index contributed by atoms with van der Waals surface area (Å²) in [6, 6.07) is 3.96. The van der Waals surface area contributed by atoms with Crippen molar-refractivity contribution in [3.05, 3.63) is 27.7 Å². The first-order valence-electron chi connectivity index (χ1n) is 7.22. The van der Waals surface area contributed by atoms with E-state index in [1.165, 1.54) is 0 Å². The highest BCUT2D eigenvalue weighted by Crippen LogP contribution is 2.28. The van der Waals surface area contributed by atoms with Crippen LogP contribution >= 0.6 is 15.9 Å². The van der Waals surface area contributed by atoms with E-state index in [4.69, 9.17) is 10.5 Å². The summed E-state index contributed by atoms with van der Waals surface area (Å²) in [5.74, 6) is 0.649. The third-order valence-electron chi connectivity index (χ3n) is 3.44. The molecule has 1 amide bonds. The van der Waals surface area contributed by atoms with Crippen molar-refractivity contribution in [2.45, 2.75) is 46.1 Å². The number of aryl methyl sites for hydroxylation is 1. The first-order valence-corrected chi connectivity index (χ1v) is 8.01. The zero-order chi connectivity index (χ0) is 16.0. The molecule has 0 atom stereocenters. The second-order valence-corrected chi connectivity index (χ2v) is 6.74. The molecule has 0 aliphatic rings. The lowest BCUT2D eigenvalue weighted by Gasteiger charge is -2.24. The molecule has 118 valence electrons. The smallest absolute Gasteiger partial charge is 0.258 e. The Morgan fingerprint density at radius 3 is 2.67 bits per heavy atom. The van der Waals surface area contributed by atoms with Gasteiger partial charge in [0.2, 0.25) is 0 Å². The van der Waals surface area contributed by atoms with E-state index in [-0.39, 0.29) is 18.1 Å². The summed E-state index contributed by atoms with van der Waals surface area (Å²) in [4.78, 5) is 12.0. The Morgan fingerprint density at radius 1 is 1.43 bits per heavy atom. The molecule has 1 rings (SSSR count). The third-order valence-corrected chi connectivity index (χ3v) is 3.90. The van der Waals surface area contributed by atoms with Crippen LogP contribution in [-0.2, 0) is 11.2 Å². The van der Waals surface area contributed by atoms with Crippen molar-refractivity contribution in [3.8, 4) is 5.75 Å². The SMILES string of the molecule is CCC(C)(C)NC(=O)COc1c(C)cc(Br)cc1CCN. The molecule has 0 radical (unpaired) electrons. The van der Waals surface area contributed by atoms with Crippen molar-refractivity contribution in [3.63, 3.8) is 0 Å². The Hall–Kier alpha value is -1.07. The minimum Gasteiger partial charge on any atom is -0.483 e. The molecule has 0 saturated heterocycles. The number of ether oxygens (including phenoxy) is 1. The maximum Gasteiger partial charge on any atom is 0.258 e. The highest BCUT2D eigenvalue weighted by molar-refractivity contribution is 9.10. The van der Waals surface area contributed by atoms with Gasteiger partial charge in [-0.2, -0.15) is 0 Å². The van der Waals surface area contributed by atoms with Gasteiger partial charge in [-0.3, -0.25) is 4.79 Å². The molecular weight excluding hydrogens is 332 g/mol. The van der Waals surface area contributed by atoms with Gasteiger partial charge in [-0.05, 0) is 63.4 Å². The van der Waals surface area contributed by atoms with Gasteiger partial charge in [0.25, 0.3) is 5.91 Å². The first-order chi connectivity index (χ1) is 9.79. The van der Waals surface area contributed by atoms with Crippen LogP contribution in [0.25, 0.3) is 0 Å². The zero-order valence-corrected chi connectivity index (χ0v) is 14.8. The molecule has 0 fully saturated rings. The average Bonchev–Trinajstić information content (AvgIpc) is 2.37. The minimum absolute atomic E-state index is 0.0173. The average molecular weight is 357 g/mol. The van der Waals surface area contributed by atoms with E-state index < -0.39 is 0 Å². The number of halogens is 1. The van der Waals surface area contributed by atoms with Crippen LogP contribution in [0.1, 0.15) is 38.3 Å². The topological polar surface area (TPSA) is 64.3 Å². The Labute approximate surface area is 135 Å². The van der Waals surface area contributed by atoms with Gasteiger partial charge in [-0.1, -0.05) is 22.9 Å². The molecule has 0 aromatic heterocycles. The number of nitrogens with one attached hydrogen (secondary N) is 1. The maximum absolute atomic E-state index is 12.0. The first kappa shape index (κ1) is 18.0.